The zero-order valence-corrected chi connectivity index (χ0v) is 16.8. The van der Waals surface area contributed by atoms with E-state index in [9.17, 15) is 9.59 Å². The summed E-state index contributed by atoms with van der Waals surface area (Å²) in [5, 5.41) is 3.82. The van der Waals surface area contributed by atoms with Crippen molar-refractivity contribution in [3.8, 4) is 5.75 Å². The predicted molar refractivity (Wildman–Crippen MR) is 107 cm³/mol. The number of carbonyl (C=O) groups is 2. The molecule has 2 amide bonds. The number of nitrogens with zero attached hydrogens (tertiary/aromatic N) is 1. The van der Waals surface area contributed by atoms with Crippen LogP contribution in [0.5, 0.6) is 5.75 Å². The summed E-state index contributed by atoms with van der Waals surface area (Å²) in [5.41, 5.74) is 0.876. The number of ether oxygens (including phenoxy) is 1. The molecule has 2 aromatic rings. The summed E-state index contributed by atoms with van der Waals surface area (Å²) in [5.74, 6) is 0.0360. The number of rotatable bonds is 8. The highest BCUT2D eigenvalue weighted by molar-refractivity contribution is 6.30. The Bertz CT molecular complexity index is 764. The van der Waals surface area contributed by atoms with Crippen molar-refractivity contribution in [1.82, 2.24) is 10.2 Å². The fraction of sp³-hybridized carbons (Fsp3) is 0.300. The molecule has 0 aliphatic heterocycles. The van der Waals surface area contributed by atoms with Crippen molar-refractivity contribution in [3.05, 3.63) is 64.1 Å². The van der Waals surface area contributed by atoms with Crippen LogP contribution in [0, 0.1) is 0 Å². The molecule has 2 rings (SSSR count). The molecule has 1 atom stereocenters. The zero-order chi connectivity index (χ0) is 19.8. The van der Waals surface area contributed by atoms with E-state index in [1.165, 1.54) is 4.90 Å². The monoisotopic (exact) mass is 408 g/mol. The van der Waals surface area contributed by atoms with Crippen molar-refractivity contribution in [2.45, 2.75) is 25.9 Å². The number of hydrogen-bond acceptors (Lipinski definition) is 3. The second-order valence-corrected chi connectivity index (χ2v) is 6.80. The Morgan fingerprint density at radius 3 is 2.11 bits per heavy atom. The van der Waals surface area contributed by atoms with Crippen molar-refractivity contribution >= 4 is 35.0 Å². The van der Waals surface area contributed by atoms with E-state index < -0.39 is 6.04 Å². The standard InChI is InChI=1S/C20H22Cl2N2O3/c1-3-18(20(26)23-2)24(12-14-4-6-15(21)7-5-14)19(25)13-27-17-10-8-16(22)9-11-17/h4-11,18H,3,12-13H2,1-2H3,(H,23,26)/t18-/m1/s1. The minimum absolute atomic E-state index is 0.178. The van der Waals surface area contributed by atoms with Crippen LogP contribution in [0.15, 0.2) is 48.5 Å². The fourth-order valence-electron chi connectivity index (χ4n) is 2.63. The second kappa shape index (κ2) is 10.2. The quantitative estimate of drug-likeness (QED) is 0.719. The highest BCUT2D eigenvalue weighted by Crippen LogP contribution is 2.18. The second-order valence-electron chi connectivity index (χ2n) is 5.93. The number of likely N-dealkylation sites (N-methyl/N-ethyl adjacent to an activating group) is 1. The predicted octanol–water partition coefficient (Wildman–Crippen LogP) is 3.93. The molecule has 0 radical (unpaired) electrons. The molecular weight excluding hydrogens is 387 g/mol. The maximum absolute atomic E-state index is 12.8. The van der Waals surface area contributed by atoms with Gasteiger partial charge in [-0.15, -0.1) is 0 Å². The van der Waals surface area contributed by atoms with Crippen LogP contribution in [0.1, 0.15) is 18.9 Å². The number of carbonyl (C=O) groups excluding carboxylic acids is 2. The van der Waals surface area contributed by atoms with Crippen LogP contribution in [0.3, 0.4) is 0 Å². The minimum atomic E-state index is -0.591. The van der Waals surface area contributed by atoms with Gasteiger partial charge < -0.3 is 15.0 Å². The molecule has 0 bridgehead atoms. The average molecular weight is 409 g/mol. The molecule has 0 spiro atoms. The Hall–Kier alpha value is -2.24. The van der Waals surface area contributed by atoms with E-state index in [2.05, 4.69) is 5.32 Å². The van der Waals surface area contributed by atoms with Gasteiger partial charge in [0, 0.05) is 23.6 Å². The van der Waals surface area contributed by atoms with Gasteiger partial charge in [-0.1, -0.05) is 42.3 Å². The minimum Gasteiger partial charge on any atom is -0.484 e. The molecule has 1 N–H and O–H groups in total. The van der Waals surface area contributed by atoms with Gasteiger partial charge in [0.25, 0.3) is 5.91 Å². The lowest BCUT2D eigenvalue weighted by Gasteiger charge is -2.30. The zero-order valence-electron chi connectivity index (χ0n) is 15.2. The first-order valence-corrected chi connectivity index (χ1v) is 9.34. The van der Waals surface area contributed by atoms with Crippen LogP contribution in [0.4, 0.5) is 0 Å². The Kier molecular flexibility index (Phi) is 7.95. The van der Waals surface area contributed by atoms with Gasteiger partial charge in [0.05, 0.1) is 0 Å². The van der Waals surface area contributed by atoms with Crippen molar-refractivity contribution in [1.29, 1.82) is 0 Å². The first kappa shape index (κ1) is 21.1. The van der Waals surface area contributed by atoms with Crippen molar-refractivity contribution in [3.63, 3.8) is 0 Å². The third-order valence-electron chi connectivity index (χ3n) is 4.07. The van der Waals surface area contributed by atoms with Crippen LogP contribution in [0.2, 0.25) is 10.0 Å². The van der Waals surface area contributed by atoms with Crippen LogP contribution in [-0.4, -0.2) is 36.4 Å². The van der Waals surface area contributed by atoms with Crippen molar-refractivity contribution in [2.24, 2.45) is 0 Å². The molecule has 0 saturated carbocycles. The molecule has 0 aromatic heterocycles. The topological polar surface area (TPSA) is 58.6 Å². The molecule has 0 heterocycles. The Morgan fingerprint density at radius 1 is 1.04 bits per heavy atom. The first-order chi connectivity index (χ1) is 12.9. The maximum Gasteiger partial charge on any atom is 0.261 e. The van der Waals surface area contributed by atoms with E-state index in [-0.39, 0.29) is 25.0 Å². The molecule has 0 aliphatic carbocycles. The van der Waals surface area contributed by atoms with Crippen molar-refractivity contribution in [2.75, 3.05) is 13.7 Å². The molecule has 27 heavy (non-hydrogen) atoms. The highest BCUT2D eigenvalue weighted by atomic mass is 35.5. The highest BCUT2D eigenvalue weighted by Gasteiger charge is 2.28. The van der Waals surface area contributed by atoms with Crippen molar-refractivity contribution < 1.29 is 14.3 Å². The summed E-state index contributed by atoms with van der Waals surface area (Å²) < 4.78 is 5.57. The molecule has 144 valence electrons. The van der Waals surface area contributed by atoms with Gasteiger partial charge >= 0.3 is 0 Å². The first-order valence-electron chi connectivity index (χ1n) is 8.58. The third-order valence-corrected chi connectivity index (χ3v) is 4.58. The summed E-state index contributed by atoms with van der Waals surface area (Å²) in [6, 6.07) is 13.3. The molecule has 0 unspecified atom stereocenters. The van der Waals surface area contributed by atoms with E-state index >= 15 is 0 Å². The van der Waals surface area contributed by atoms with Gasteiger partial charge in [0.2, 0.25) is 5.91 Å². The van der Waals surface area contributed by atoms with Gasteiger partial charge in [-0.2, -0.15) is 0 Å². The molecule has 0 aliphatic rings. The van der Waals surface area contributed by atoms with Crippen LogP contribution in [0.25, 0.3) is 0 Å². The number of halogens is 2. The normalized spacial score (nSPS) is 11.6. The average Bonchev–Trinajstić information content (AvgIpc) is 2.68. The van der Waals surface area contributed by atoms with E-state index in [0.29, 0.717) is 22.2 Å². The molecule has 5 nitrogen and oxygen atoms in total. The molecule has 7 heteroatoms. The van der Waals surface area contributed by atoms with Crippen LogP contribution >= 0.6 is 23.2 Å². The number of benzene rings is 2. The van der Waals surface area contributed by atoms with Crippen LogP contribution in [-0.2, 0) is 16.1 Å². The van der Waals surface area contributed by atoms with Gasteiger partial charge in [0.15, 0.2) is 6.61 Å². The Morgan fingerprint density at radius 2 is 1.59 bits per heavy atom. The van der Waals surface area contributed by atoms with E-state index in [4.69, 9.17) is 27.9 Å². The summed E-state index contributed by atoms with van der Waals surface area (Å²) in [4.78, 5) is 26.6. The lowest BCUT2D eigenvalue weighted by molar-refractivity contribution is -0.142. The maximum atomic E-state index is 12.8. The van der Waals surface area contributed by atoms with Crippen LogP contribution < -0.4 is 10.1 Å². The number of nitrogens with one attached hydrogen (secondary N) is 1. The summed E-state index contributed by atoms with van der Waals surface area (Å²) >= 11 is 11.8. The Balaban J connectivity index is 2.15. The molecule has 0 fully saturated rings. The summed E-state index contributed by atoms with van der Waals surface area (Å²) in [7, 11) is 1.56. The third kappa shape index (κ3) is 6.15. The lowest BCUT2D eigenvalue weighted by atomic mass is 10.1. The van der Waals surface area contributed by atoms with Gasteiger partial charge in [0.1, 0.15) is 11.8 Å². The number of amides is 2. The summed E-state index contributed by atoms with van der Waals surface area (Å²) in [6.07, 6.45) is 0.486. The van der Waals surface area contributed by atoms with E-state index in [0.717, 1.165) is 5.56 Å². The molecule has 2 aromatic carbocycles. The van der Waals surface area contributed by atoms with Gasteiger partial charge in [-0.05, 0) is 48.4 Å². The van der Waals surface area contributed by atoms with Gasteiger partial charge in [-0.3, -0.25) is 9.59 Å². The van der Waals surface area contributed by atoms with E-state index in [1.807, 2.05) is 19.1 Å². The molecule has 0 saturated heterocycles. The van der Waals surface area contributed by atoms with E-state index in [1.54, 1.807) is 43.4 Å². The molecular formula is C20H22Cl2N2O3. The SMILES string of the molecule is CC[C@H](C(=O)NC)N(Cc1ccc(Cl)cc1)C(=O)COc1ccc(Cl)cc1. The lowest BCUT2D eigenvalue weighted by Crippen LogP contribution is -2.49. The largest absolute Gasteiger partial charge is 0.484 e. The Labute approximate surface area is 169 Å². The number of hydrogen-bond donors (Lipinski definition) is 1. The fourth-order valence-corrected chi connectivity index (χ4v) is 2.88. The summed E-state index contributed by atoms with van der Waals surface area (Å²) in [6.45, 7) is 1.97. The van der Waals surface area contributed by atoms with Gasteiger partial charge in [-0.25, -0.2) is 0 Å². The smallest absolute Gasteiger partial charge is 0.261 e.